The van der Waals surface area contributed by atoms with E-state index in [0.717, 1.165) is 42.8 Å². The first-order chi connectivity index (χ1) is 17.8. The maximum atomic E-state index is 13.5. The summed E-state index contributed by atoms with van der Waals surface area (Å²) in [6.07, 6.45) is -0.491. The molecule has 3 aliphatic heterocycles. The number of rotatable bonds is 6. The smallest absolute Gasteiger partial charge is 0.416 e. The number of nitrogens with one attached hydrogen (secondary N) is 1. The van der Waals surface area contributed by atoms with Crippen molar-refractivity contribution in [2.24, 2.45) is 5.92 Å². The molecule has 5 rings (SSSR count). The molecule has 2 saturated heterocycles. The number of piperazine rings is 1. The van der Waals surface area contributed by atoms with Gasteiger partial charge in [0.1, 0.15) is 5.75 Å². The van der Waals surface area contributed by atoms with Crippen molar-refractivity contribution >= 4 is 17.3 Å². The van der Waals surface area contributed by atoms with Crippen LogP contribution in [0.5, 0.6) is 5.75 Å². The van der Waals surface area contributed by atoms with Crippen LogP contribution in [0, 0.1) is 5.92 Å². The number of ether oxygens (including phenoxy) is 1. The second-order valence-electron chi connectivity index (χ2n) is 10.3. The van der Waals surface area contributed by atoms with Gasteiger partial charge in [-0.05, 0) is 68.2 Å². The molecule has 3 aliphatic rings. The molecule has 1 amide bonds. The summed E-state index contributed by atoms with van der Waals surface area (Å²) in [5, 5.41) is 3.11. The lowest BCUT2D eigenvalue weighted by molar-refractivity contribution is -0.137. The topological polar surface area (TPSA) is 48.1 Å². The number of nitrogens with zero attached hydrogens (tertiary/aromatic N) is 3. The van der Waals surface area contributed by atoms with Crippen molar-refractivity contribution in [2.75, 3.05) is 62.7 Å². The van der Waals surface area contributed by atoms with E-state index in [1.165, 1.54) is 25.3 Å². The molecular formula is C28H35F3N4O2. The van der Waals surface area contributed by atoms with E-state index in [1.807, 2.05) is 24.3 Å². The Morgan fingerprint density at radius 3 is 2.62 bits per heavy atom. The lowest BCUT2D eigenvalue weighted by Gasteiger charge is -2.49. The van der Waals surface area contributed by atoms with E-state index in [0.29, 0.717) is 38.2 Å². The van der Waals surface area contributed by atoms with Crippen LogP contribution >= 0.6 is 0 Å². The van der Waals surface area contributed by atoms with E-state index in [-0.39, 0.29) is 11.9 Å². The lowest BCUT2D eigenvalue weighted by atomic mass is 9.82. The molecule has 0 radical (unpaired) electrons. The number of alkyl halides is 3. The van der Waals surface area contributed by atoms with E-state index < -0.39 is 17.7 Å². The Morgan fingerprint density at radius 1 is 1.05 bits per heavy atom. The molecule has 2 fully saturated rings. The minimum atomic E-state index is -4.41. The Labute approximate surface area is 216 Å². The number of anilines is 2. The number of carbonyl (C=O) groups excluding carboxylic acids is 1. The largest absolute Gasteiger partial charge is 0.497 e. The fourth-order valence-electron chi connectivity index (χ4n) is 5.99. The van der Waals surface area contributed by atoms with E-state index in [4.69, 9.17) is 4.74 Å². The Bertz CT molecular complexity index is 1100. The van der Waals surface area contributed by atoms with E-state index in [9.17, 15) is 18.0 Å². The van der Waals surface area contributed by atoms with Gasteiger partial charge in [0.2, 0.25) is 5.91 Å². The number of likely N-dealkylation sites (tertiary alicyclic amines) is 1. The first-order valence-corrected chi connectivity index (χ1v) is 13.2. The number of halogens is 3. The summed E-state index contributed by atoms with van der Waals surface area (Å²) >= 11 is 0. The Hall–Kier alpha value is -2.94. The minimum absolute atomic E-state index is 0.0810. The van der Waals surface area contributed by atoms with Gasteiger partial charge >= 0.3 is 6.18 Å². The summed E-state index contributed by atoms with van der Waals surface area (Å²) in [7, 11) is 1.63. The van der Waals surface area contributed by atoms with Crippen LogP contribution in [0.1, 0.15) is 30.4 Å². The van der Waals surface area contributed by atoms with Crippen LogP contribution in [0.3, 0.4) is 0 Å². The monoisotopic (exact) mass is 516 g/mol. The molecule has 200 valence electrons. The molecule has 37 heavy (non-hydrogen) atoms. The summed E-state index contributed by atoms with van der Waals surface area (Å²) in [5.74, 6) is 0.244. The van der Waals surface area contributed by atoms with Crippen molar-refractivity contribution in [1.82, 2.24) is 10.2 Å². The molecular weight excluding hydrogens is 481 g/mol. The highest BCUT2D eigenvalue weighted by atomic mass is 19.4. The normalized spacial score (nSPS) is 22.3. The van der Waals surface area contributed by atoms with Gasteiger partial charge < -0.3 is 24.8 Å². The zero-order valence-corrected chi connectivity index (χ0v) is 21.3. The number of amides is 1. The molecule has 0 aliphatic carbocycles. The van der Waals surface area contributed by atoms with Crippen LogP contribution in [-0.4, -0.2) is 69.8 Å². The summed E-state index contributed by atoms with van der Waals surface area (Å²) in [5.41, 5.74) is 1.75. The maximum absolute atomic E-state index is 13.5. The number of fused-ring (bicyclic) bond motifs is 3. The highest BCUT2D eigenvalue weighted by Gasteiger charge is 2.42. The van der Waals surface area contributed by atoms with Crippen LogP contribution in [0.2, 0.25) is 0 Å². The highest BCUT2D eigenvalue weighted by Crippen LogP contribution is 2.40. The number of benzene rings is 2. The molecule has 6 nitrogen and oxygen atoms in total. The molecule has 2 atom stereocenters. The van der Waals surface area contributed by atoms with E-state index in [1.54, 1.807) is 13.2 Å². The molecule has 0 aromatic heterocycles. The van der Waals surface area contributed by atoms with Crippen molar-refractivity contribution in [2.45, 2.75) is 37.9 Å². The average Bonchev–Trinajstić information content (AvgIpc) is 2.92. The van der Waals surface area contributed by atoms with Gasteiger partial charge in [0.15, 0.2) is 0 Å². The van der Waals surface area contributed by atoms with Gasteiger partial charge in [-0.1, -0.05) is 12.5 Å². The van der Waals surface area contributed by atoms with Gasteiger partial charge in [0.05, 0.1) is 24.6 Å². The van der Waals surface area contributed by atoms with Crippen molar-refractivity contribution in [3.05, 3.63) is 53.6 Å². The van der Waals surface area contributed by atoms with E-state index in [2.05, 4.69) is 20.0 Å². The Kier molecular flexibility index (Phi) is 7.51. The third-order valence-corrected chi connectivity index (χ3v) is 7.97. The molecule has 1 N–H and O–H groups in total. The highest BCUT2D eigenvalue weighted by molar-refractivity contribution is 5.82. The van der Waals surface area contributed by atoms with Gasteiger partial charge in [0.25, 0.3) is 0 Å². The number of methoxy groups -OCH3 is 1. The third kappa shape index (κ3) is 5.66. The first-order valence-electron chi connectivity index (χ1n) is 13.2. The van der Waals surface area contributed by atoms with Crippen LogP contribution in [-0.2, 0) is 17.4 Å². The lowest BCUT2D eigenvalue weighted by Crippen LogP contribution is -2.61. The van der Waals surface area contributed by atoms with Gasteiger partial charge in [-0.2, -0.15) is 13.2 Å². The van der Waals surface area contributed by atoms with Crippen LogP contribution in [0.4, 0.5) is 24.5 Å². The maximum Gasteiger partial charge on any atom is 0.416 e. The van der Waals surface area contributed by atoms with Crippen LogP contribution in [0.15, 0.2) is 42.5 Å². The van der Waals surface area contributed by atoms with Crippen LogP contribution < -0.4 is 19.9 Å². The number of piperidine rings is 1. The number of hydrogen-bond donors (Lipinski definition) is 1. The summed E-state index contributed by atoms with van der Waals surface area (Å²) in [6, 6.07) is 11.7. The molecule has 0 saturated carbocycles. The Morgan fingerprint density at radius 2 is 1.86 bits per heavy atom. The average molecular weight is 517 g/mol. The molecule has 2 aromatic carbocycles. The van der Waals surface area contributed by atoms with Crippen LogP contribution in [0.25, 0.3) is 0 Å². The second kappa shape index (κ2) is 10.8. The fraction of sp³-hybridized carbons (Fsp3) is 0.536. The number of hydrogen-bond acceptors (Lipinski definition) is 5. The van der Waals surface area contributed by atoms with Gasteiger partial charge in [-0.15, -0.1) is 0 Å². The van der Waals surface area contributed by atoms with Crippen molar-refractivity contribution < 1.29 is 22.7 Å². The summed E-state index contributed by atoms with van der Waals surface area (Å²) < 4.78 is 45.8. The van der Waals surface area contributed by atoms with E-state index >= 15 is 0 Å². The van der Waals surface area contributed by atoms with Gasteiger partial charge in [-0.3, -0.25) is 4.79 Å². The zero-order chi connectivity index (χ0) is 26.0. The zero-order valence-electron chi connectivity index (χ0n) is 21.3. The molecule has 0 unspecified atom stereocenters. The van der Waals surface area contributed by atoms with Crippen molar-refractivity contribution in [1.29, 1.82) is 0 Å². The van der Waals surface area contributed by atoms with Gasteiger partial charge in [0, 0.05) is 50.2 Å². The number of carbonyl (C=O) groups is 1. The summed E-state index contributed by atoms with van der Waals surface area (Å²) in [6.45, 7) is 5.40. The summed E-state index contributed by atoms with van der Waals surface area (Å²) in [4.78, 5) is 20.3. The quantitative estimate of drug-likeness (QED) is 0.624. The molecule has 3 heterocycles. The third-order valence-electron chi connectivity index (χ3n) is 7.97. The first kappa shape index (κ1) is 25.7. The molecule has 0 spiro atoms. The minimum Gasteiger partial charge on any atom is -0.497 e. The van der Waals surface area contributed by atoms with Crippen molar-refractivity contribution in [3.8, 4) is 5.75 Å². The van der Waals surface area contributed by atoms with Gasteiger partial charge in [-0.25, -0.2) is 0 Å². The predicted molar refractivity (Wildman–Crippen MR) is 138 cm³/mol. The SMILES string of the molecule is COc1cccc(N2CCN3c4ccc(C(F)(F)F)cc4C[C@@H](C(=O)NCCN4CCCCC4)[C@@H]3C2)c1. The predicted octanol–water partition coefficient (Wildman–Crippen LogP) is 4.18. The molecule has 0 bridgehead atoms. The fourth-order valence-corrected chi connectivity index (χ4v) is 5.99. The second-order valence-corrected chi connectivity index (χ2v) is 10.3. The van der Waals surface area contributed by atoms with Crippen molar-refractivity contribution in [3.63, 3.8) is 0 Å². The standard InChI is InChI=1S/C28H35F3N4O2/c1-37-23-7-5-6-22(18-23)34-14-15-35-25-9-8-21(28(29,30)31)16-20(25)17-24(26(35)19-34)27(36)32-10-13-33-11-3-2-4-12-33/h5-9,16,18,24,26H,2-4,10-15,17,19H2,1H3,(H,32,36)/t24-,26+/m1/s1. The molecule has 9 heteroatoms. The molecule has 2 aromatic rings. The Balaban J connectivity index is 1.37.